The van der Waals surface area contributed by atoms with Crippen molar-refractivity contribution in [1.82, 2.24) is 9.97 Å². The van der Waals surface area contributed by atoms with Crippen LogP contribution in [-0.2, 0) is 9.59 Å². The van der Waals surface area contributed by atoms with Crippen molar-refractivity contribution in [3.8, 4) is 0 Å². The molecule has 0 bridgehead atoms. The molecule has 160 valence electrons. The standard InChI is InChI=1S/C24H21N5O3/c1-14(28-23-20-7-3-6-19(22(25)31)21(20)26-13-27-23)16-4-2-5-17(12-16)29-24(32)15-8-10-18(30)11-9-15/h2-10,12-14H,11H2,1H3,(H2,25,31)(H,29,32)(H,26,27,28). The largest absolute Gasteiger partial charge is 0.366 e. The molecule has 1 aromatic heterocycles. The van der Waals surface area contributed by atoms with Crippen molar-refractivity contribution < 1.29 is 14.4 Å². The van der Waals surface area contributed by atoms with Gasteiger partial charge in [0.05, 0.1) is 17.1 Å². The highest BCUT2D eigenvalue weighted by Crippen LogP contribution is 2.27. The average molecular weight is 427 g/mol. The van der Waals surface area contributed by atoms with E-state index in [4.69, 9.17) is 5.73 Å². The third-order valence-electron chi connectivity index (χ3n) is 5.16. The second kappa shape index (κ2) is 8.81. The molecule has 2 aromatic carbocycles. The Morgan fingerprint density at radius 3 is 2.66 bits per heavy atom. The van der Waals surface area contributed by atoms with E-state index in [1.54, 1.807) is 24.3 Å². The average Bonchev–Trinajstić information content (AvgIpc) is 2.79. The number of primary amides is 1. The molecule has 8 heteroatoms. The smallest absolute Gasteiger partial charge is 0.255 e. The van der Waals surface area contributed by atoms with Crippen molar-refractivity contribution in [2.24, 2.45) is 5.73 Å². The molecule has 4 rings (SSSR count). The molecular weight excluding hydrogens is 406 g/mol. The van der Waals surface area contributed by atoms with Crippen LogP contribution in [0.25, 0.3) is 10.9 Å². The predicted octanol–water partition coefficient (Wildman–Crippen LogP) is 3.30. The number of aromatic nitrogens is 2. The molecule has 1 unspecified atom stereocenters. The molecule has 2 amide bonds. The van der Waals surface area contributed by atoms with Gasteiger partial charge in [0, 0.05) is 23.1 Å². The van der Waals surface area contributed by atoms with E-state index in [-0.39, 0.29) is 24.2 Å². The van der Waals surface area contributed by atoms with E-state index in [2.05, 4.69) is 20.6 Å². The Kier molecular flexibility index (Phi) is 5.76. The van der Waals surface area contributed by atoms with E-state index in [1.165, 1.54) is 18.5 Å². The van der Waals surface area contributed by atoms with Crippen molar-refractivity contribution in [3.63, 3.8) is 0 Å². The van der Waals surface area contributed by atoms with Crippen LogP contribution in [0.5, 0.6) is 0 Å². The third kappa shape index (κ3) is 4.39. The number of nitrogens with zero attached hydrogens (tertiary/aromatic N) is 2. The number of nitrogens with one attached hydrogen (secondary N) is 2. The van der Waals surface area contributed by atoms with Gasteiger partial charge in [0.15, 0.2) is 5.78 Å². The van der Waals surface area contributed by atoms with E-state index < -0.39 is 5.91 Å². The van der Waals surface area contributed by atoms with Crippen molar-refractivity contribution >= 4 is 40.0 Å². The summed E-state index contributed by atoms with van der Waals surface area (Å²) in [6.07, 6.45) is 6.16. The molecule has 1 atom stereocenters. The van der Waals surface area contributed by atoms with Crippen LogP contribution < -0.4 is 16.4 Å². The van der Waals surface area contributed by atoms with Gasteiger partial charge in [-0.25, -0.2) is 9.97 Å². The Bertz CT molecular complexity index is 1300. The van der Waals surface area contributed by atoms with Gasteiger partial charge in [0.1, 0.15) is 12.1 Å². The number of hydrogen-bond donors (Lipinski definition) is 3. The number of anilines is 2. The fraction of sp³-hybridized carbons (Fsp3) is 0.125. The molecular formula is C24H21N5O3. The minimum Gasteiger partial charge on any atom is -0.366 e. The monoisotopic (exact) mass is 427 g/mol. The second-order valence-electron chi connectivity index (χ2n) is 7.40. The highest BCUT2D eigenvalue weighted by atomic mass is 16.2. The minimum absolute atomic E-state index is 0.0244. The lowest BCUT2D eigenvalue weighted by Gasteiger charge is -2.18. The zero-order valence-corrected chi connectivity index (χ0v) is 17.3. The number of hydrogen-bond acceptors (Lipinski definition) is 6. The zero-order chi connectivity index (χ0) is 22.7. The number of ketones is 1. The molecule has 1 heterocycles. The SMILES string of the molecule is CC(Nc1ncnc2c(C(N)=O)cccc12)c1cccc(NC(=O)C2=CCC(=O)C=C2)c1. The predicted molar refractivity (Wildman–Crippen MR) is 122 cm³/mol. The highest BCUT2D eigenvalue weighted by molar-refractivity contribution is 6.09. The van der Waals surface area contributed by atoms with Crippen LogP contribution in [0.3, 0.4) is 0 Å². The van der Waals surface area contributed by atoms with Crippen LogP contribution in [0.2, 0.25) is 0 Å². The van der Waals surface area contributed by atoms with Crippen molar-refractivity contribution in [1.29, 1.82) is 0 Å². The first-order valence-electron chi connectivity index (χ1n) is 10.0. The van der Waals surface area contributed by atoms with Gasteiger partial charge < -0.3 is 16.4 Å². The number of carbonyl (C=O) groups excluding carboxylic acids is 3. The normalized spacial score (nSPS) is 14.0. The summed E-state index contributed by atoms with van der Waals surface area (Å²) in [5, 5.41) is 6.89. The van der Waals surface area contributed by atoms with Crippen LogP contribution in [0.15, 0.2) is 72.6 Å². The lowest BCUT2D eigenvalue weighted by atomic mass is 10.0. The Morgan fingerprint density at radius 1 is 1.09 bits per heavy atom. The third-order valence-corrected chi connectivity index (χ3v) is 5.16. The summed E-state index contributed by atoms with van der Waals surface area (Å²) >= 11 is 0. The number of carbonyl (C=O) groups is 3. The van der Waals surface area contributed by atoms with Crippen LogP contribution >= 0.6 is 0 Å². The van der Waals surface area contributed by atoms with E-state index >= 15 is 0 Å². The van der Waals surface area contributed by atoms with E-state index in [9.17, 15) is 14.4 Å². The molecule has 4 N–H and O–H groups in total. The molecule has 0 aliphatic heterocycles. The number of allylic oxidation sites excluding steroid dienone is 2. The summed E-state index contributed by atoms with van der Waals surface area (Å²) in [5.41, 5.74) is 8.29. The Balaban J connectivity index is 1.54. The van der Waals surface area contributed by atoms with E-state index in [0.29, 0.717) is 33.5 Å². The number of benzene rings is 2. The first-order valence-corrected chi connectivity index (χ1v) is 10.0. The number of rotatable bonds is 6. The molecule has 32 heavy (non-hydrogen) atoms. The van der Waals surface area contributed by atoms with Gasteiger partial charge in [0.2, 0.25) is 0 Å². The fourth-order valence-corrected chi connectivity index (χ4v) is 3.48. The number of fused-ring (bicyclic) bond motifs is 1. The van der Waals surface area contributed by atoms with Crippen LogP contribution in [0, 0.1) is 0 Å². The lowest BCUT2D eigenvalue weighted by molar-refractivity contribution is -0.113. The number of para-hydroxylation sites is 1. The maximum atomic E-state index is 12.5. The van der Waals surface area contributed by atoms with Crippen molar-refractivity contribution in [3.05, 3.63) is 83.7 Å². The molecule has 0 saturated heterocycles. The van der Waals surface area contributed by atoms with Gasteiger partial charge in [-0.15, -0.1) is 0 Å². The van der Waals surface area contributed by atoms with Gasteiger partial charge in [-0.1, -0.05) is 24.3 Å². The summed E-state index contributed by atoms with van der Waals surface area (Å²) in [4.78, 5) is 44.0. The lowest BCUT2D eigenvalue weighted by Crippen LogP contribution is -2.16. The van der Waals surface area contributed by atoms with Crippen LogP contribution in [-0.4, -0.2) is 27.6 Å². The van der Waals surface area contributed by atoms with Gasteiger partial charge in [0.25, 0.3) is 11.8 Å². The summed E-state index contributed by atoms with van der Waals surface area (Å²) < 4.78 is 0. The Morgan fingerprint density at radius 2 is 1.91 bits per heavy atom. The summed E-state index contributed by atoms with van der Waals surface area (Å²) in [6.45, 7) is 1.96. The number of amides is 2. The molecule has 8 nitrogen and oxygen atoms in total. The summed E-state index contributed by atoms with van der Waals surface area (Å²) in [5.74, 6) is -0.276. The fourth-order valence-electron chi connectivity index (χ4n) is 3.48. The molecule has 0 radical (unpaired) electrons. The molecule has 0 spiro atoms. The highest BCUT2D eigenvalue weighted by Gasteiger charge is 2.15. The van der Waals surface area contributed by atoms with Gasteiger partial charge >= 0.3 is 0 Å². The van der Waals surface area contributed by atoms with Crippen LogP contribution in [0.1, 0.15) is 35.3 Å². The Hall–Kier alpha value is -4.33. The van der Waals surface area contributed by atoms with Crippen LogP contribution in [0.4, 0.5) is 11.5 Å². The summed E-state index contributed by atoms with van der Waals surface area (Å²) in [6, 6.07) is 12.5. The van der Waals surface area contributed by atoms with Gasteiger partial charge in [-0.2, -0.15) is 0 Å². The summed E-state index contributed by atoms with van der Waals surface area (Å²) in [7, 11) is 0. The molecule has 3 aromatic rings. The first-order chi connectivity index (χ1) is 15.4. The number of nitrogens with two attached hydrogens (primary N) is 1. The van der Waals surface area contributed by atoms with Gasteiger partial charge in [-0.3, -0.25) is 14.4 Å². The first kappa shape index (κ1) is 20.9. The van der Waals surface area contributed by atoms with Crippen molar-refractivity contribution in [2.75, 3.05) is 10.6 Å². The van der Waals surface area contributed by atoms with Crippen molar-refractivity contribution in [2.45, 2.75) is 19.4 Å². The quantitative estimate of drug-likeness (QED) is 0.554. The maximum Gasteiger partial charge on any atom is 0.255 e. The maximum absolute atomic E-state index is 12.5. The molecule has 0 fully saturated rings. The van der Waals surface area contributed by atoms with Gasteiger partial charge in [-0.05, 0) is 48.9 Å². The van der Waals surface area contributed by atoms with E-state index in [1.807, 2.05) is 31.2 Å². The molecule has 0 saturated carbocycles. The topological polar surface area (TPSA) is 127 Å². The second-order valence-corrected chi connectivity index (χ2v) is 7.40. The zero-order valence-electron chi connectivity index (χ0n) is 17.3. The molecule has 1 aliphatic rings. The molecule has 1 aliphatic carbocycles. The van der Waals surface area contributed by atoms with E-state index in [0.717, 1.165) is 5.56 Å². The minimum atomic E-state index is -0.552. The Labute approximate surface area is 184 Å².